The van der Waals surface area contributed by atoms with E-state index >= 15 is 0 Å². The SMILES string of the molecule is CC(C)(N)C[C@@H]1CCCN(C(=O)OC(C)(C)C)C1. The van der Waals surface area contributed by atoms with Gasteiger partial charge < -0.3 is 15.4 Å². The highest BCUT2D eigenvalue weighted by atomic mass is 16.6. The van der Waals surface area contributed by atoms with E-state index in [1.165, 1.54) is 0 Å². The first-order valence-corrected chi connectivity index (χ1v) is 6.84. The summed E-state index contributed by atoms with van der Waals surface area (Å²) < 4.78 is 5.41. The van der Waals surface area contributed by atoms with Crippen molar-refractivity contribution in [1.82, 2.24) is 4.90 Å². The van der Waals surface area contributed by atoms with Gasteiger partial charge in [-0.3, -0.25) is 0 Å². The van der Waals surface area contributed by atoms with Gasteiger partial charge in [0.15, 0.2) is 0 Å². The van der Waals surface area contributed by atoms with Crippen LogP contribution < -0.4 is 5.73 Å². The molecule has 2 N–H and O–H groups in total. The van der Waals surface area contributed by atoms with Crippen LogP contribution in [0.5, 0.6) is 0 Å². The van der Waals surface area contributed by atoms with Crippen LogP contribution in [0.25, 0.3) is 0 Å². The van der Waals surface area contributed by atoms with Crippen molar-refractivity contribution in [1.29, 1.82) is 0 Å². The van der Waals surface area contributed by atoms with Gasteiger partial charge in [-0.15, -0.1) is 0 Å². The fourth-order valence-corrected chi connectivity index (χ4v) is 2.47. The molecule has 0 saturated carbocycles. The smallest absolute Gasteiger partial charge is 0.410 e. The number of rotatable bonds is 2. The van der Waals surface area contributed by atoms with Gasteiger partial charge in [-0.1, -0.05) is 0 Å². The number of amides is 1. The zero-order valence-electron chi connectivity index (χ0n) is 12.5. The summed E-state index contributed by atoms with van der Waals surface area (Å²) in [6, 6.07) is 0. The minimum Gasteiger partial charge on any atom is -0.444 e. The number of hydrogen-bond acceptors (Lipinski definition) is 3. The summed E-state index contributed by atoms with van der Waals surface area (Å²) >= 11 is 0. The summed E-state index contributed by atoms with van der Waals surface area (Å²) in [6.45, 7) is 11.4. The van der Waals surface area contributed by atoms with Crippen LogP contribution in [0.15, 0.2) is 0 Å². The summed E-state index contributed by atoms with van der Waals surface area (Å²) in [6.07, 6.45) is 2.95. The Bertz CT molecular complexity index is 289. The normalized spacial score (nSPS) is 21.9. The van der Waals surface area contributed by atoms with E-state index < -0.39 is 5.60 Å². The van der Waals surface area contributed by atoms with E-state index in [0.717, 1.165) is 32.4 Å². The van der Waals surface area contributed by atoms with Crippen molar-refractivity contribution in [2.75, 3.05) is 13.1 Å². The second-order valence-corrected chi connectivity index (χ2v) is 7.13. The molecule has 1 aliphatic rings. The van der Waals surface area contributed by atoms with Gasteiger partial charge in [-0.05, 0) is 59.8 Å². The summed E-state index contributed by atoms with van der Waals surface area (Å²) in [5, 5.41) is 0. The third kappa shape index (κ3) is 5.71. The van der Waals surface area contributed by atoms with Crippen LogP contribution in [0, 0.1) is 5.92 Å². The minimum atomic E-state index is -0.419. The first-order valence-electron chi connectivity index (χ1n) is 6.84. The van der Waals surface area contributed by atoms with Gasteiger partial charge in [0.2, 0.25) is 0 Å². The highest BCUT2D eigenvalue weighted by Crippen LogP contribution is 2.25. The van der Waals surface area contributed by atoms with E-state index in [9.17, 15) is 4.79 Å². The van der Waals surface area contributed by atoms with E-state index in [1.54, 1.807) is 0 Å². The molecule has 18 heavy (non-hydrogen) atoms. The predicted molar refractivity (Wildman–Crippen MR) is 73.4 cm³/mol. The third-order valence-corrected chi connectivity index (χ3v) is 2.99. The van der Waals surface area contributed by atoms with Crippen LogP contribution in [0.2, 0.25) is 0 Å². The molecule has 1 rings (SSSR count). The second-order valence-electron chi connectivity index (χ2n) is 7.13. The van der Waals surface area contributed by atoms with Crippen molar-refractivity contribution in [3.8, 4) is 0 Å². The summed E-state index contributed by atoms with van der Waals surface area (Å²) in [4.78, 5) is 13.8. The van der Waals surface area contributed by atoms with Crippen molar-refractivity contribution >= 4 is 6.09 Å². The molecule has 106 valence electrons. The Kier molecular flexibility index (Phi) is 4.65. The van der Waals surface area contributed by atoms with E-state index in [2.05, 4.69) is 0 Å². The fraction of sp³-hybridized carbons (Fsp3) is 0.929. The molecule has 0 aliphatic carbocycles. The Morgan fingerprint density at radius 1 is 1.33 bits per heavy atom. The first-order chi connectivity index (χ1) is 8.07. The monoisotopic (exact) mass is 256 g/mol. The van der Waals surface area contributed by atoms with Gasteiger partial charge in [-0.2, -0.15) is 0 Å². The summed E-state index contributed by atoms with van der Waals surface area (Å²) in [5.41, 5.74) is 5.47. The largest absolute Gasteiger partial charge is 0.444 e. The van der Waals surface area contributed by atoms with Gasteiger partial charge >= 0.3 is 6.09 Å². The molecule has 0 radical (unpaired) electrons. The van der Waals surface area contributed by atoms with Crippen molar-refractivity contribution in [2.24, 2.45) is 11.7 Å². The number of piperidine rings is 1. The zero-order valence-corrected chi connectivity index (χ0v) is 12.5. The van der Waals surface area contributed by atoms with Gasteiger partial charge in [0, 0.05) is 18.6 Å². The maximum absolute atomic E-state index is 12.0. The highest BCUT2D eigenvalue weighted by molar-refractivity contribution is 5.68. The van der Waals surface area contributed by atoms with Crippen LogP contribution in [-0.2, 0) is 4.74 Å². The van der Waals surface area contributed by atoms with E-state index in [0.29, 0.717) is 5.92 Å². The maximum Gasteiger partial charge on any atom is 0.410 e. The molecule has 4 nitrogen and oxygen atoms in total. The molecule has 0 spiro atoms. The van der Waals surface area contributed by atoms with Crippen LogP contribution in [0.3, 0.4) is 0 Å². The lowest BCUT2D eigenvalue weighted by Gasteiger charge is -2.36. The maximum atomic E-state index is 12.0. The van der Waals surface area contributed by atoms with E-state index in [1.807, 2.05) is 39.5 Å². The second kappa shape index (κ2) is 5.47. The average Bonchev–Trinajstić information content (AvgIpc) is 2.12. The number of carbonyl (C=O) groups excluding carboxylic acids is 1. The lowest BCUT2D eigenvalue weighted by atomic mass is 9.86. The van der Waals surface area contributed by atoms with Crippen molar-refractivity contribution in [3.05, 3.63) is 0 Å². The number of nitrogens with two attached hydrogens (primary N) is 1. The number of carbonyl (C=O) groups is 1. The van der Waals surface area contributed by atoms with Crippen LogP contribution in [-0.4, -0.2) is 35.2 Å². The number of nitrogens with zero attached hydrogens (tertiary/aromatic N) is 1. The predicted octanol–water partition coefficient (Wildman–Crippen LogP) is 2.76. The molecule has 1 atom stereocenters. The van der Waals surface area contributed by atoms with Gasteiger partial charge in [-0.25, -0.2) is 4.79 Å². The van der Waals surface area contributed by atoms with Crippen LogP contribution in [0.4, 0.5) is 4.79 Å². The van der Waals surface area contributed by atoms with Crippen molar-refractivity contribution in [3.63, 3.8) is 0 Å². The lowest BCUT2D eigenvalue weighted by Crippen LogP contribution is -2.45. The Morgan fingerprint density at radius 2 is 1.94 bits per heavy atom. The minimum absolute atomic E-state index is 0.165. The topological polar surface area (TPSA) is 55.6 Å². The molecule has 1 amide bonds. The molecule has 0 aromatic rings. The molecule has 0 aromatic carbocycles. The molecule has 1 aliphatic heterocycles. The number of likely N-dealkylation sites (tertiary alicyclic amines) is 1. The third-order valence-electron chi connectivity index (χ3n) is 2.99. The molecule has 0 aromatic heterocycles. The van der Waals surface area contributed by atoms with Crippen molar-refractivity contribution < 1.29 is 9.53 Å². The molecule has 0 bridgehead atoms. The van der Waals surface area contributed by atoms with E-state index in [4.69, 9.17) is 10.5 Å². The zero-order chi connectivity index (χ0) is 14.0. The summed E-state index contributed by atoms with van der Waals surface area (Å²) in [5.74, 6) is 0.492. The van der Waals surface area contributed by atoms with Crippen LogP contribution >= 0.6 is 0 Å². The molecular formula is C14H28N2O2. The average molecular weight is 256 g/mol. The molecule has 1 saturated heterocycles. The molecule has 0 unspecified atom stereocenters. The van der Waals surface area contributed by atoms with E-state index in [-0.39, 0.29) is 11.6 Å². The van der Waals surface area contributed by atoms with Crippen molar-refractivity contribution in [2.45, 2.75) is 65.0 Å². The fourth-order valence-electron chi connectivity index (χ4n) is 2.47. The first kappa shape index (κ1) is 15.3. The van der Waals surface area contributed by atoms with Gasteiger partial charge in [0.1, 0.15) is 5.60 Å². The molecule has 1 fully saturated rings. The highest BCUT2D eigenvalue weighted by Gasteiger charge is 2.29. The number of hydrogen-bond donors (Lipinski definition) is 1. The van der Waals surface area contributed by atoms with Gasteiger partial charge in [0.05, 0.1) is 0 Å². The number of ether oxygens (including phenoxy) is 1. The Hall–Kier alpha value is -0.770. The Morgan fingerprint density at radius 3 is 2.44 bits per heavy atom. The molecule has 1 heterocycles. The van der Waals surface area contributed by atoms with Crippen LogP contribution in [0.1, 0.15) is 53.9 Å². The lowest BCUT2D eigenvalue weighted by molar-refractivity contribution is 0.0151. The quantitative estimate of drug-likeness (QED) is 0.826. The molecule has 4 heteroatoms. The molecular weight excluding hydrogens is 228 g/mol. The Balaban J connectivity index is 2.51. The Labute approximate surface area is 111 Å². The summed E-state index contributed by atoms with van der Waals surface area (Å²) in [7, 11) is 0. The standard InChI is InChI=1S/C14H28N2O2/c1-13(2,3)18-12(17)16-8-6-7-11(10-16)9-14(4,5)15/h11H,6-10,15H2,1-5H3/t11-/m0/s1. The van der Waals surface area contributed by atoms with Gasteiger partial charge in [0.25, 0.3) is 0 Å².